The van der Waals surface area contributed by atoms with Crippen molar-refractivity contribution in [2.24, 2.45) is 0 Å². The second kappa shape index (κ2) is 8.49. The molecule has 1 nitrogen and oxygen atoms in total. The van der Waals surface area contributed by atoms with Crippen LogP contribution in [0, 0.1) is 0 Å². The normalized spacial score (nSPS) is 8.00. The van der Waals surface area contributed by atoms with Crippen LogP contribution in [0.2, 0.25) is 0 Å². The molecular weight excluding hydrogens is 216 g/mol. The summed E-state index contributed by atoms with van der Waals surface area (Å²) in [4.78, 5) is 9.87. The molecular formula is C12H12FeO. The van der Waals surface area contributed by atoms with E-state index in [1.54, 1.807) is 0 Å². The van der Waals surface area contributed by atoms with Crippen molar-refractivity contribution in [1.82, 2.24) is 0 Å². The van der Waals surface area contributed by atoms with E-state index >= 15 is 0 Å². The fourth-order valence-corrected chi connectivity index (χ4v) is 0.967. The average Bonchev–Trinajstić information content (AvgIpc) is 2.79. The van der Waals surface area contributed by atoms with Gasteiger partial charge >= 0.3 is 17.1 Å². The first kappa shape index (κ1) is 12.9. The standard InChI is InChI=1S/C7H7O.C5H5.Fe/c8-6-5-7-3-1-2-4-7;1-2-4-5-3-1;/h1-4,6H,5H2;1-5H;/q2*-1;+2. The summed E-state index contributed by atoms with van der Waals surface area (Å²) in [5, 5.41) is 0. The van der Waals surface area contributed by atoms with E-state index in [0.717, 1.165) is 11.8 Å². The Morgan fingerprint density at radius 1 is 1.07 bits per heavy atom. The number of carbonyl (C=O) groups excluding carboxylic acids is 1. The van der Waals surface area contributed by atoms with Gasteiger partial charge in [-0.05, 0) is 6.42 Å². The monoisotopic (exact) mass is 228 g/mol. The summed E-state index contributed by atoms with van der Waals surface area (Å²) >= 11 is 0. The zero-order valence-corrected chi connectivity index (χ0v) is 8.85. The van der Waals surface area contributed by atoms with Crippen molar-refractivity contribution in [1.29, 1.82) is 0 Å². The smallest absolute Gasteiger partial charge is 0.304 e. The summed E-state index contributed by atoms with van der Waals surface area (Å²) in [6.07, 6.45) is 1.46. The van der Waals surface area contributed by atoms with Crippen molar-refractivity contribution < 1.29 is 21.9 Å². The number of rotatable bonds is 2. The molecule has 2 aromatic rings. The topological polar surface area (TPSA) is 17.1 Å². The first-order chi connectivity index (χ1) is 6.43. The molecule has 14 heavy (non-hydrogen) atoms. The van der Waals surface area contributed by atoms with Crippen LogP contribution in [0.25, 0.3) is 0 Å². The molecule has 0 aliphatic rings. The Labute approximate surface area is 95.0 Å². The third-order valence-electron chi connectivity index (χ3n) is 1.61. The molecule has 0 bridgehead atoms. The van der Waals surface area contributed by atoms with Gasteiger partial charge in [-0.2, -0.15) is 35.9 Å². The van der Waals surface area contributed by atoms with Gasteiger partial charge in [0, 0.05) is 0 Å². The van der Waals surface area contributed by atoms with Crippen LogP contribution < -0.4 is 0 Å². The van der Waals surface area contributed by atoms with Crippen molar-refractivity contribution in [3.05, 3.63) is 60.2 Å². The Bertz CT molecular complexity index is 278. The minimum atomic E-state index is 0. The molecule has 0 aliphatic carbocycles. The van der Waals surface area contributed by atoms with Crippen LogP contribution >= 0.6 is 0 Å². The summed E-state index contributed by atoms with van der Waals surface area (Å²) in [6.45, 7) is 0. The first-order valence-electron chi connectivity index (χ1n) is 4.24. The van der Waals surface area contributed by atoms with Gasteiger partial charge in [0.25, 0.3) is 0 Å². The molecule has 2 rings (SSSR count). The number of carbonyl (C=O) groups is 1. The van der Waals surface area contributed by atoms with Crippen molar-refractivity contribution in [3.63, 3.8) is 0 Å². The molecule has 0 saturated carbocycles. The summed E-state index contributed by atoms with van der Waals surface area (Å²) in [6, 6.07) is 17.7. The van der Waals surface area contributed by atoms with Crippen molar-refractivity contribution in [2.75, 3.05) is 0 Å². The van der Waals surface area contributed by atoms with Gasteiger partial charge in [0.15, 0.2) is 0 Å². The third kappa shape index (κ3) is 5.52. The Morgan fingerprint density at radius 3 is 2.00 bits per heavy atom. The molecule has 2 aromatic carbocycles. The van der Waals surface area contributed by atoms with Crippen LogP contribution in [0.15, 0.2) is 54.6 Å². The maximum absolute atomic E-state index is 9.87. The van der Waals surface area contributed by atoms with Crippen molar-refractivity contribution in [2.45, 2.75) is 6.42 Å². The molecule has 0 radical (unpaired) electrons. The summed E-state index contributed by atoms with van der Waals surface area (Å²) in [5.41, 5.74) is 1.10. The molecule has 0 saturated heterocycles. The van der Waals surface area contributed by atoms with Crippen molar-refractivity contribution >= 4 is 6.29 Å². The van der Waals surface area contributed by atoms with E-state index in [9.17, 15) is 4.79 Å². The van der Waals surface area contributed by atoms with Gasteiger partial charge in [-0.15, -0.1) is 0 Å². The molecule has 0 N–H and O–H groups in total. The second-order valence-corrected chi connectivity index (χ2v) is 2.63. The van der Waals surface area contributed by atoms with E-state index in [2.05, 4.69) is 0 Å². The van der Waals surface area contributed by atoms with E-state index in [4.69, 9.17) is 0 Å². The van der Waals surface area contributed by atoms with Gasteiger partial charge in [0.2, 0.25) is 0 Å². The summed E-state index contributed by atoms with van der Waals surface area (Å²) in [7, 11) is 0. The Morgan fingerprint density at radius 2 is 1.64 bits per heavy atom. The second-order valence-electron chi connectivity index (χ2n) is 2.63. The van der Waals surface area contributed by atoms with Crippen LogP contribution in [-0.4, -0.2) is 6.29 Å². The SMILES string of the molecule is O=CC[c-]1cccc1.[Fe+2].c1cc[cH-]c1. The van der Waals surface area contributed by atoms with Gasteiger partial charge in [-0.25, -0.2) is 24.3 Å². The summed E-state index contributed by atoms with van der Waals surface area (Å²) in [5.74, 6) is 0. The van der Waals surface area contributed by atoms with Gasteiger partial charge in [0.05, 0.1) is 0 Å². The maximum Gasteiger partial charge on any atom is 2.00 e. The minimum Gasteiger partial charge on any atom is -0.304 e. The predicted octanol–water partition coefficient (Wildman–Crippen LogP) is 2.55. The van der Waals surface area contributed by atoms with E-state index in [1.165, 1.54) is 0 Å². The number of aldehydes is 1. The number of hydrogen-bond donors (Lipinski definition) is 0. The van der Waals surface area contributed by atoms with E-state index in [0.29, 0.717) is 6.42 Å². The van der Waals surface area contributed by atoms with Crippen LogP contribution in [0.1, 0.15) is 5.56 Å². The zero-order chi connectivity index (χ0) is 9.36. The van der Waals surface area contributed by atoms with E-state index in [1.807, 2.05) is 54.6 Å². The van der Waals surface area contributed by atoms with Gasteiger partial charge in [-0.1, -0.05) is 0 Å². The minimum absolute atomic E-state index is 0. The largest absolute Gasteiger partial charge is 2.00 e. The van der Waals surface area contributed by atoms with Gasteiger partial charge in [0.1, 0.15) is 6.29 Å². The molecule has 0 atom stereocenters. The van der Waals surface area contributed by atoms with Crippen LogP contribution in [0.5, 0.6) is 0 Å². The molecule has 0 unspecified atom stereocenters. The number of hydrogen-bond acceptors (Lipinski definition) is 1. The molecule has 74 valence electrons. The molecule has 2 heteroatoms. The average molecular weight is 228 g/mol. The quantitative estimate of drug-likeness (QED) is 0.438. The fraction of sp³-hybridized carbons (Fsp3) is 0.0833. The Hall–Kier alpha value is -1.11. The molecule has 0 spiro atoms. The van der Waals surface area contributed by atoms with Crippen LogP contribution in [-0.2, 0) is 28.3 Å². The molecule has 0 aromatic heterocycles. The maximum atomic E-state index is 9.87. The van der Waals surface area contributed by atoms with Gasteiger partial charge < -0.3 is 4.79 Å². The molecule has 0 aliphatic heterocycles. The molecule has 0 heterocycles. The van der Waals surface area contributed by atoms with Gasteiger partial charge in [-0.3, -0.25) is 0 Å². The fourth-order valence-electron chi connectivity index (χ4n) is 0.967. The molecule has 0 fully saturated rings. The van der Waals surface area contributed by atoms with Crippen LogP contribution in [0.3, 0.4) is 0 Å². The molecule has 0 amide bonds. The zero-order valence-electron chi connectivity index (χ0n) is 7.74. The predicted molar refractivity (Wildman–Crippen MR) is 53.8 cm³/mol. The van der Waals surface area contributed by atoms with E-state index < -0.39 is 0 Å². The van der Waals surface area contributed by atoms with Crippen LogP contribution in [0.4, 0.5) is 0 Å². The third-order valence-corrected chi connectivity index (χ3v) is 1.61. The summed E-state index contributed by atoms with van der Waals surface area (Å²) < 4.78 is 0. The van der Waals surface area contributed by atoms with E-state index in [-0.39, 0.29) is 17.1 Å². The van der Waals surface area contributed by atoms with Crippen molar-refractivity contribution in [3.8, 4) is 0 Å². The Kier molecular flexibility index (Phi) is 7.81. The first-order valence-corrected chi connectivity index (χ1v) is 4.24. The Balaban J connectivity index is 0.000000246.